The highest BCUT2D eigenvalue weighted by molar-refractivity contribution is 14.0. The van der Waals surface area contributed by atoms with E-state index in [9.17, 15) is 0 Å². The molecule has 8 heteroatoms. The van der Waals surface area contributed by atoms with Crippen molar-refractivity contribution in [2.75, 3.05) is 51.7 Å². The van der Waals surface area contributed by atoms with Crippen LogP contribution < -0.4 is 15.8 Å². The largest absolute Gasteiger partial charge is 0.495 e. The van der Waals surface area contributed by atoms with Gasteiger partial charge in [-0.3, -0.25) is 9.89 Å². The highest BCUT2D eigenvalue weighted by Gasteiger charge is 2.19. The molecule has 1 aromatic carbocycles. The number of nitrogens with one attached hydrogen (secondary N) is 1. The summed E-state index contributed by atoms with van der Waals surface area (Å²) in [4.78, 5) is 9.39. The van der Waals surface area contributed by atoms with Crippen LogP contribution in [0.5, 0.6) is 5.75 Å². The number of likely N-dealkylation sites (N-methyl/N-ethyl adjacent to an activating group) is 1. The molecular formula is C17H29ClIN5O. The zero-order chi connectivity index (χ0) is 17.5. The van der Waals surface area contributed by atoms with Gasteiger partial charge in [-0.2, -0.15) is 0 Å². The van der Waals surface area contributed by atoms with Gasteiger partial charge in [0, 0.05) is 37.9 Å². The zero-order valence-corrected chi connectivity index (χ0v) is 18.3. The molecule has 1 aliphatic heterocycles. The minimum absolute atomic E-state index is 0. The maximum atomic E-state index is 6.11. The number of guanidine groups is 1. The van der Waals surface area contributed by atoms with Crippen molar-refractivity contribution in [3.8, 4) is 5.75 Å². The summed E-state index contributed by atoms with van der Waals surface area (Å²) in [5.74, 6) is 1.04. The second-order valence-electron chi connectivity index (χ2n) is 6.02. The van der Waals surface area contributed by atoms with E-state index in [-0.39, 0.29) is 24.0 Å². The predicted molar refractivity (Wildman–Crippen MR) is 117 cm³/mol. The van der Waals surface area contributed by atoms with Crippen LogP contribution in [0.2, 0.25) is 5.02 Å². The molecule has 2 rings (SSSR count). The summed E-state index contributed by atoms with van der Waals surface area (Å²) in [6.07, 6.45) is 0. The van der Waals surface area contributed by atoms with E-state index < -0.39 is 0 Å². The van der Waals surface area contributed by atoms with Crippen LogP contribution >= 0.6 is 35.6 Å². The van der Waals surface area contributed by atoms with Crippen molar-refractivity contribution < 1.29 is 4.74 Å². The molecule has 1 aliphatic rings. The van der Waals surface area contributed by atoms with Crippen molar-refractivity contribution in [1.82, 2.24) is 9.80 Å². The fourth-order valence-electron chi connectivity index (χ4n) is 2.80. The molecule has 0 bridgehead atoms. The van der Waals surface area contributed by atoms with Crippen molar-refractivity contribution in [2.45, 2.75) is 19.9 Å². The third-order valence-corrected chi connectivity index (χ3v) is 4.72. The molecule has 142 valence electrons. The van der Waals surface area contributed by atoms with Gasteiger partial charge in [-0.05, 0) is 31.7 Å². The van der Waals surface area contributed by atoms with E-state index in [4.69, 9.17) is 22.1 Å². The number of ether oxygens (including phenoxy) is 1. The summed E-state index contributed by atoms with van der Waals surface area (Å²) >= 11 is 6.11. The predicted octanol–water partition coefficient (Wildman–Crippen LogP) is 2.72. The molecule has 1 aromatic rings. The number of anilines is 1. The number of methoxy groups -OCH3 is 1. The van der Waals surface area contributed by atoms with Crippen molar-refractivity contribution in [1.29, 1.82) is 0 Å². The SMILES string of the molecule is CCN1CCN(C(C)CN=C(N)Nc2ccc(OC)c(Cl)c2)CC1.I. The first kappa shape index (κ1) is 22.3. The normalized spacial score (nSPS) is 17.7. The van der Waals surface area contributed by atoms with Crippen molar-refractivity contribution in [2.24, 2.45) is 10.7 Å². The summed E-state index contributed by atoms with van der Waals surface area (Å²) in [6, 6.07) is 5.81. The Hall–Kier alpha value is -0.770. The van der Waals surface area contributed by atoms with Crippen LogP contribution in [0.1, 0.15) is 13.8 Å². The molecule has 1 unspecified atom stereocenters. The van der Waals surface area contributed by atoms with Gasteiger partial charge in [0.1, 0.15) is 5.75 Å². The summed E-state index contributed by atoms with van der Waals surface area (Å²) in [5, 5.41) is 3.61. The molecule has 0 amide bonds. The zero-order valence-electron chi connectivity index (χ0n) is 15.2. The number of hydrogen-bond acceptors (Lipinski definition) is 4. The number of piperazine rings is 1. The van der Waals surface area contributed by atoms with Crippen LogP contribution in [0.4, 0.5) is 5.69 Å². The number of halogens is 2. The first-order chi connectivity index (χ1) is 11.5. The van der Waals surface area contributed by atoms with E-state index in [0.29, 0.717) is 29.3 Å². The standard InChI is InChI=1S/C17H28ClN5O.HI/c1-4-22-7-9-23(10-8-22)13(2)12-20-17(19)21-14-5-6-16(24-3)15(18)11-14;/h5-6,11,13H,4,7-10,12H2,1-3H3,(H3,19,20,21);1H. The molecule has 1 fully saturated rings. The maximum Gasteiger partial charge on any atom is 0.193 e. The second-order valence-corrected chi connectivity index (χ2v) is 6.43. The van der Waals surface area contributed by atoms with Gasteiger partial charge < -0.3 is 20.7 Å². The summed E-state index contributed by atoms with van der Waals surface area (Å²) in [6.45, 7) is 10.6. The molecule has 1 heterocycles. The van der Waals surface area contributed by atoms with E-state index in [1.807, 2.05) is 6.07 Å². The van der Waals surface area contributed by atoms with Gasteiger partial charge >= 0.3 is 0 Å². The number of rotatable bonds is 6. The van der Waals surface area contributed by atoms with Crippen molar-refractivity contribution in [3.63, 3.8) is 0 Å². The van der Waals surface area contributed by atoms with Crippen LogP contribution in [-0.4, -0.2) is 68.2 Å². The second kappa shape index (κ2) is 11.1. The Morgan fingerprint density at radius 1 is 1.36 bits per heavy atom. The smallest absolute Gasteiger partial charge is 0.193 e. The highest BCUT2D eigenvalue weighted by atomic mass is 127. The average molecular weight is 482 g/mol. The summed E-state index contributed by atoms with van der Waals surface area (Å²) in [7, 11) is 1.59. The van der Waals surface area contributed by atoms with E-state index >= 15 is 0 Å². The molecule has 0 radical (unpaired) electrons. The Morgan fingerprint density at radius 2 is 2.04 bits per heavy atom. The molecule has 0 saturated carbocycles. The summed E-state index contributed by atoms with van der Waals surface area (Å²) < 4.78 is 5.14. The van der Waals surface area contributed by atoms with E-state index in [2.05, 4.69) is 34.0 Å². The third kappa shape index (κ3) is 6.80. The lowest BCUT2D eigenvalue weighted by atomic mass is 10.2. The van der Waals surface area contributed by atoms with Gasteiger partial charge in [-0.15, -0.1) is 24.0 Å². The van der Waals surface area contributed by atoms with E-state index in [1.165, 1.54) is 0 Å². The van der Waals surface area contributed by atoms with Gasteiger partial charge in [0.15, 0.2) is 5.96 Å². The number of nitrogens with two attached hydrogens (primary N) is 1. The lowest BCUT2D eigenvalue weighted by Gasteiger charge is -2.37. The molecule has 0 spiro atoms. The monoisotopic (exact) mass is 481 g/mol. The molecular weight excluding hydrogens is 453 g/mol. The number of hydrogen-bond donors (Lipinski definition) is 2. The molecule has 6 nitrogen and oxygen atoms in total. The average Bonchev–Trinajstić information content (AvgIpc) is 2.60. The van der Waals surface area contributed by atoms with Gasteiger partial charge in [-0.25, -0.2) is 0 Å². The van der Waals surface area contributed by atoms with Crippen molar-refractivity contribution >= 4 is 47.2 Å². The van der Waals surface area contributed by atoms with Crippen LogP contribution in [0.3, 0.4) is 0 Å². The van der Waals surface area contributed by atoms with Crippen LogP contribution in [0, 0.1) is 0 Å². The minimum Gasteiger partial charge on any atom is -0.495 e. The highest BCUT2D eigenvalue weighted by Crippen LogP contribution is 2.27. The summed E-state index contributed by atoms with van der Waals surface area (Å²) in [5.41, 5.74) is 6.78. The Balaban J connectivity index is 0.00000312. The fourth-order valence-corrected chi connectivity index (χ4v) is 3.06. The quantitative estimate of drug-likeness (QED) is 0.372. The fraction of sp³-hybridized carbons (Fsp3) is 0.588. The number of nitrogens with zero attached hydrogens (tertiary/aromatic N) is 3. The third-order valence-electron chi connectivity index (χ3n) is 4.43. The lowest BCUT2D eigenvalue weighted by Crippen LogP contribution is -2.50. The molecule has 25 heavy (non-hydrogen) atoms. The van der Waals surface area contributed by atoms with Gasteiger partial charge in [0.25, 0.3) is 0 Å². The van der Waals surface area contributed by atoms with Gasteiger partial charge in [-0.1, -0.05) is 18.5 Å². The first-order valence-electron chi connectivity index (χ1n) is 8.40. The Bertz CT molecular complexity index is 564. The first-order valence-corrected chi connectivity index (χ1v) is 8.78. The Labute approximate surface area is 172 Å². The molecule has 1 atom stereocenters. The minimum atomic E-state index is 0. The lowest BCUT2D eigenvalue weighted by molar-refractivity contribution is 0.109. The Kier molecular flexibility index (Phi) is 9.84. The maximum absolute atomic E-state index is 6.11. The topological polar surface area (TPSA) is 66.1 Å². The Morgan fingerprint density at radius 3 is 2.60 bits per heavy atom. The van der Waals surface area contributed by atoms with E-state index in [0.717, 1.165) is 38.4 Å². The molecule has 0 aliphatic carbocycles. The van der Waals surface area contributed by atoms with E-state index in [1.54, 1.807) is 19.2 Å². The molecule has 3 N–H and O–H groups in total. The van der Waals surface area contributed by atoms with Crippen LogP contribution in [-0.2, 0) is 0 Å². The van der Waals surface area contributed by atoms with Crippen LogP contribution in [0.15, 0.2) is 23.2 Å². The van der Waals surface area contributed by atoms with Crippen LogP contribution in [0.25, 0.3) is 0 Å². The van der Waals surface area contributed by atoms with Crippen molar-refractivity contribution in [3.05, 3.63) is 23.2 Å². The number of benzene rings is 1. The number of aliphatic imine (C=N–C) groups is 1. The molecule has 1 saturated heterocycles. The molecule has 0 aromatic heterocycles. The van der Waals surface area contributed by atoms with Gasteiger partial charge in [0.05, 0.1) is 18.7 Å². The van der Waals surface area contributed by atoms with Gasteiger partial charge in [0.2, 0.25) is 0 Å².